The SMILES string of the molecule is CC1(C)OCC(N=C=S)CO1. The van der Waals surface area contributed by atoms with E-state index in [0.29, 0.717) is 13.2 Å². The number of thiocarbonyl (C=S) groups is 1. The van der Waals surface area contributed by atoms with Gasteiger partial charge < -0.3 is 9.47 Å². The van der Waals surface area contributed by atoms with Crippen molar-refractivity contribution in [3.63, 3.8) is 0 Å². The van der Waals surface area contributed by atoms with Crippen LogP contribution in [-0.4, -0.2) is 30.2 Å². The van der Waals surface area contributed by atoms with Crippen molar-refractivity contribution in [3.05, 3.63) is 0 Å². The number of ether oxygens (including phenoxy) is 2. The van der Waals surface area contributed by atoms with Gasteiger partial charge in [0.2, 0.25) is 0 Å². The number of aliphatic imine (C=N–C) groups is 1. The van der Waals surface area contributed by atoms with Crippen LogP contribution in [-0.2, 0) is 9.47 Å². The van der Waals surface area contributed by atoms with Crippen LogP contribution in [0.3, 0.4) is 0 Å². The van der Waals surface area contributed by atoms with Gasteiger partial charge in [-0.1, -0.05) is 0 Å². The lowest BCUT2D eigenvalue weighted by Gasteiger charge is -2.32. The molecule has 0 bridgehead atoms. The molecule has 0 atom stereocenters. The maximum Gasteiger partial charge on any atom is 0.162 e. The summed E-state index contributed by atoms with van der Waals surface area (Å²) in [6, 6.07) is 0.0283. The van der Waals surface area contributed by atoms with Crippen molar-refractivity contribution < 1.29 is 9.47 Å². The Bertz CT molecular complexity index is 177. The van der Waals surface area contributed by atoms with E-state index in [9.17, 15) is 0 Å². The molecule has 1 heterocycles. The van der Waals surface area contributed by atoms with Crippen molar-refractivity contribution >= 4 is 17.4 Å². The van der Waals surface area contributed by atoms with Crippen molar-refractivity contribution in [3.8, 4) is 0 Å². The minimum atomic E-state index is -0.465. The lowest BCUT2D eigenvalue weighted by Crippen LogP contribution is -2.41. The molecule has 0 aromatic rings. The van der Waals surface area contributed by atoms with E-state index in [0.717, 1.165) is 0 Å². The summed E-state index contributed by atoms with van der Waals surface area (Å²) >= 11 is 4.46. The average molecular weight is 173 g/mol. The van der Waals surface area contributed by atoms with Gasteiger partial charge in [-0.15, -0.1) is 0 Å². The molecule has 1 aliphatic rings. The standard InChI is InChI=1S/C7H11NO2S/c1-7(2)9-3-6(4-10-7)8-5-11/h6H,3-4H2,1-2H3. The smallest absolute Gasteiger partial charge is 0.162 e. The Morgan fingerprint density at radius 2 is 2.00 bits per heavy atom. The Morgan fingerprint density at radius 3 is 2.45 bits per heavy atom. The van der Waals surface area contributed by atoms with Crippen LogP contribution in [0.4, 0.5) is 0 Å². The first-order chi connectivity index (χ1) is 5.14. The summed E-state index contributed by atoms with van der Waals surface area (Å²) in [5, 5.41) is 2.31. The minimum absolute atomic E-state index is 0.0283. The quantitative estimate of drug-likeness (QED) is 0.441. The third-order valence-electron chi connectivity index (χ3n) is 1.48. The number of hydrogen-bond acceptors (Lipinski definition) is 4. The van der Waals surface area contributed by atoms with Crippen LogP contribution in [0.5, 0.6) is 0 Å². The van der Waals surface area contributed by atoms with Crippen molar-refractivity contribution in [2.75, 3.05) is 13.2 Å². The lowest BCUT2D eigenvalue weighted by molar-refractivity contribution is -0.249. The Balaban J connectivity index is 2.42. The Hall–Kier alpha value is -0.280. The molecule has 11 heavy (non-hydrogen) atoms. The second-order valence-electron chi connectivity index (χ2n) is 2.90. The monoisotopic (exact) mass is 173 g/mol. The van der Waals surface area contributed by atoms with Crippen LogP contribution < -0.4 is 0 Å². The lowest BCUT2D eigenvalue weighted by atomic mass is 10.3. The molecular weight excluding hydrogens is 162 g/mol. The van der Waals surface area contributed by atoms with Gasteiger partial charge in [0.25, 0.3) is 0 Å². The molecular formula is C7H11NO2S. The highest BCUT2D eigenvalue weighted by molar-refractivity contribution is 7.78. The number of hydrogen-bond donors (Lipinski definition) is 0. The van der Waals surface area contributed by atoms with Gasteiger partial charge in [-0.25, -0.2) is 4.99 Å². The van der Waals surface area contributed by atoms with Gasteiger partial charge in [0.1, 0.15) is 6.04 Å². The van der Waals surface area contributed by atoms with Crippen LogP contribution in [0, 0.1) is 0 Å². The van der Waals surface area contributed by atoms with E-state index in [2.05, 4.69) is 22.4 Å². The second kappa shape index (κ2) is 3.41. The minimum Gasteiger partial charge on any atom is -0.348 e. The van der Waals surface area contributed by atoms with Gasteiger partial charge in [-0.2, -0.15) is 0 Å². The summed E-state index contributed by atoms with van der Waals surface area (Å²) in [5.74, 6) is -0.465. The Kier molecular flexibility index (Phi) is 2.73. The second-order valence-corrected chi connectivity index (χ2v) is 3.08. The third-order valence-corrected chi connectivity index (χ3v) is 1.59. The van der Waals surface area contributed by atoms with Crippen LogP contribution in [0.2, 0.25) is 0 Å². The summed E-state index contributed by atoms with van der Waals surface area (Å²) in [6.07, 6.45) is 0. The first kappa shape index (κ1) is 8.81. The first-order valence-electron chi connectivity index (χ1n) is 3.49. The first-order valence-corrected chi connectivity index (χ1v) is 3.90. The molecule has 62 valence electrons. The Labute approximate surface area is 71.4 Å². The van der Waals surface area contributed by atoms with E-state index >= 15 is 0 Å². The maximum atomic E-state index is 5.33. The van der Waals surface area contributed by atoms with Gasteiger partial charge in [-0.05, 0) is 26.1 Å². The zero-order valence-electron chi connectivity index (χ0n) is 6.66. The summed E-state index contributed by atoms with van der Waals surface area (Å²) in [6.45, 7) is 4.89. The summed E-state index contributed by atoms with van der Waals surface area (Å²) in [5.41, 5.74) is 0. The topological polar surface area (TPSA) is 30.8 Å². The molecule has 0 unspecified atom stereocenters. The molecule has 1 rings (SSSR count). The van der Waals surface area contributed by atoms with E-state index in [-0.39, 0.29) is 6.04 Å². The van der Waals surface area contributed by atoms with Gasteiger partial charge in [0.15, 0.2) is 5.79 Å². The molecule has 3 nitrogen and oxygen atoms in total. The summed E-state index contributed by atoms with van der Waals surface area (Å²) in [4.78, 5) is 3.86. The highest BCUT2D eigenvalue weighted by Crippen LogP contribution is 2.17. The fourth-order valence-corrected chi connectivity index (χ4v) is 0.982. The largest absolute Gasteiger partial charge is 0.348 e. The normalized spacial score (nSPS) is 24.2. The van der Waals surface area contributed by atoms with Gasteiger partial charge in [0.05, 0.1) is 18.4 Å². The van der Waals surface area contributed by atoms with Crippen LogP contribution in [0.15, 0.2) is 4.99 Å². The molecule has 1 saturated heterocycles. The van der Waals surface area contributed by atoms with Crippen molar-refractivity contribution in [1.82, 2.24) is 0 Å². The van der Waals surface area contributed by atoms with E-state index < -0.39 is 5.79 Å². The zero-order chi connectivity index (χ0) is 8.32. The number of rotatable bonds is 1. The van der Waals surface area contributed by atoms with E-state index in [1.807, 2.05) is 13.8 Å². The fourth-order valence-electron chi connectivity index (χ4n) is 0.833. The highest BCUT2D eigenvalue weighted by atomic mass is 32.1. The number of nitrogens with zero attached hydrogens (tertiary/aromatic N) is 1. The van der Waals surface area contributed by atoms with Crippen molar-refractivity contribution in [2.24, 2.45) is 4.99 Å². The fraction of sp³-hybridized carbons (Fsp3) is 0.857. The van der Waals surface area contributed by atoms with Crippen LogP contribution in [0.25, 0.3) is 0 Å². The van der Waals surface area contributed by atoms with Crippen molar-refractivity contribution in [1.29, 1.82) is 0 Å². The van der Waals surface area contributed by atoms with Gasteiger partial charge >= 0.3 is 0 Å². The maximum absolute atomic E-state index is 5.33. The number of isothiocyanates is 1. The zero-order valence-corrected chi connectivity index (χ0v) is 7.48. The highest BCUT2D eigenvalue weighted by Gasteiger charge is 2.27. The molecule has 0 aromatic heterocycles. The Morgan fingerprint density at radius 1 is 1.45 bits per heavy atom. The summed E-state index contributed by atoms with van der Waals surface area (Å²) in [7, 11) is 0. The molecule has 0 amide bonds. The third kappa shape index (κ3) is 2.67. The van der Waals surface area contributed by atoms with E-state index in [4.69, 9.17) is 9.47 Å². The molecule has 0 radical (unpaired) electrons. The molecule has 0 N–H and O–H groups in total. The average Bonchev–Trinajstić information content (AvgIpc) is 1.94. The van der Waals surface area contributed by atoms with E-state index in [1.165, 1.54) is 0 Å². The molecule has 1 aliphatic heterocycles. The summed E-state index contributed by atoms with van der Waals surface area (Å²) < 4.78 is 10.7. The van der Waals surface area contributed by atoms with Crippen molar-refractivity contribution in [2.45, 2.75) is 25.7 Å². The molecule has 4 heteroatoms. The predicted molar refractivity (Wildman–Crippen MR) is 44.8 cm³/mol. The van der Waals surface area contributed by atoms with Crippen LogP contribution in [0.1, 0.15) is 13.8 Å². The molecule has 0 spiro atoms. The molecule has 0 saturated carbocycles. The van der Waals surface area contributed by atoms with E-state index in [1.54, 1.807) is 0 Å². The predicted octanol–water partition coefficient (Wildman–Crippen LogP) is 1.24. The molecule has 0 aromatic carbocycles. The molecule has 0 aliphatic carbocycles. The van der Waals surface area contributed by atoms with Crippen LogP contribution >= 0.6 is 12.2 Å². The van der Waals surface area contributed by atoms with Gasteiger partial charge in [-0.3, -0.25) is 0 Å². The molecule has 1 fully saturated rings. The van der Waals surface area contributed by atoms with Gasteiger partial charge in [0, 0.05) is 0 Å².